The third-order valence-electron chi connectivity index (χ3n) is 2.93. The highest BCUT2D eigenvalue weighted by molar-refractivity contribution is 6.42. The second kappa shape index (κ2) is 8.32. The van der Waals surface area contributed by atoms with Crippen LogP contribution in [0.2, 0.25) is 25.1 Å². The number of hydrogen-bond acceptors (Lipinski definition) is 1. The molecule has 0 spiro atoms. The molecule has 0 saturated heterocycles. The van der Waals surface area contributed by atoms with Gasteiger partial charge < -0.3 is 10.6 Å². The maximum atomic E-state index is 11.9. The van der Waals surface area contributed by atoms with E-state index in [9.17, 15) is 4.79 Å². The van der Waals surface area contributed by atoms with Gasteiger partial charge >= 0.3 is 6.03 Å². The van der Waals surface area contributed by atoms with Crippen molar-refractivity contribution in [2.24, 2.45) is 0 Å². The van der Waals surface area contributed by atoms with Crippen LogP contribution >= 0.6 is 58.0 Å². The predicted octanol–water partition coefficient (Wildman–Crippen LogP) is 6.32. The fourth-order valence-corrected chi connectivity index (χ4v) is 3.07. The summed E-state index contributed by atoms with van der Waals surface area (Å²) in [6, 6.07) is 7.90. The molecule has 2 amide bonds. The zero-order valence-corrected chi connectivity index (χ0v) is 15.4. The van der Waals surface area contributed by atoms with E-state index in [1.807, 2.05) is 6.07 Å². The van der Waals surface area contributed by atoms with Crippen molar-refractivity contribution in [3.8, 4) is 0 Å². The summed E-state index contributed by atoms with van der Waals surface area (Å²) in [5.74, 6) is 0. The average Bonchev–Trinajstić information content (AvgIpc) is 2.46. The fraction of sp³-hybridized carbons (Fsp3) is 0.133. The van der Waals surface area contributed by atoms with Crippen LogP contribution in [0.4, 0.5) is 10.5 Å². The SMILES string of the molecule is O=C(NCCc1ccc(Cl)c(Cl)c1)Nc1c(Cl)cc(Cl)cc1Cl. The van der Waals surface area contributed by atoms with Crippen LogP contribution in [0.1, 0.15) is 5.56 Å². The van der Waals surface area contributed by atoms with Crippen LogP contribution in [0.15, 0.2) is 30.3 Å². The van der Waals surface area contributed by atoms with E-state index >= 15 is 0 Å². The first-order valence-electron chi connectivity index (χ1n) is 6.50. The Morgan fingerprint density at radius 3 is 2.13 bits per heavy atom. The highest BCUT2D eigenvalue weighted by atomic mass is 35.5. The molecular weight excluding hydrogens is 401 g/mol. The van der Waals surface area contributed by atoms with E-state index in [2.05, 4.69) is 10.6 Å². The van der Waals surface area contributed by atoms with Crippen molar-refractivity contribution >= 4 is 69.7 Å². The first-order valence-corrected chi connectivity index (χ1v) is 8.39. The molecule has 122 valence electrons. The fourth-order valence-electron chi connectivity index (χ4n) is 1.83. The smallest absolute Gasteiger partial charge is 0.319 e. The summed E-state index contributed by atoms with van der Waals surface area (Å²) in [7, 11) is 0. The second-order valence-corrected chi connectivity index (χ2v) is 6.69. The monoisotopic (exact) mass is 410 g/mol. The van der Waals surface area contributed by atoms with Gasteiger partial charge in [0.15, 0.2) is 0 Å². The zero-order chi connectivity index (χ0) is 17.0. The van der Waals surface area contributed by atoms with Gasteiger partial charge in [-0.2, -0.15) is 0 Å². The van der Waals surface area contributed by atoms with Crippen molar-refractivity contribution in [2.45, 2.75) is 6.42 Å². The largest absolute Gasteiger partial charge is 0.338 e. The standard InChI is InChI=1S/C15H11Cl5N2O/c16-9-6-12(19)14(13(20)7-9)22-15(23)21-4-3-8-1-2-10(17)11(18)5-8/h1-2,5-7H,3-4H2,(H2,21,22,23). The van der Waals surface area contributed by atoms with Crippen LogP contribution in [0.5, 0.6) is 0 Å². The normalized spacial score (nSPS) is 10.5. The zero-order valence-electron chi connectivity index (χ0n) is 11.6. The quantitative estimate of drug-likeness (QED) is 0.606. The summed E-state index contributed by atoms with van der Waals surface area (Å²) in [5, 5.41) is 7.20. The van der Waals surface area contributed by atoms with Gasteiger partial charge in [0.05, 0.1) is 25.8 Å². The summed E-state index contributed by atoms with van der Waals surface area (Å²) in [4.78, 5) is 11.9. The molecule has 0 fully saturated rings. The Bertz CT molecular complexity index is 713. The van der Waals surface area contributed by atoms with E-state index in [1.165, 1.54) is 12.1 Å². The van der Waals surface area contributed by atoms with Gasteiger partial charge in [-0.25, -0.2) is 4.79 Å². The molecule has 0 atom stereocenters. The Morgan fingerprint density at radius 1 is 0.870 bits per heavy atom. The number of halogens is 5. The lowest BCUT2D eigenvalue weighted by atomic mass is 10.1. The highest BCUT2D eigenvalue weighted by Gasteiger charge is 2.11. The van der Waals surface area contributed by atoms with Gasteiger partial charge in [-0.1, -0.05) is 64.1 Å². The van der Waals surface area contributed by atoms with Crippen LogP contribution in [-0.4, -0.2) is 12.6 Å². The minimum Gasteiger partial charge on any atom is -0.338 e. The molecule has 0 saturated carbocycles. The Balaban J connectivity index is 1.89. The molecule has 2 N–H and O–H groups in total. The number of amides is 2. The van der Waals surface area contributed by atoms with Gasteiger partial charge in [-0.3, -0.25) is 0 Å². The van der Waals surface area contributed by atoms with Crippen molar-refractivity contribution in [1.29, 1.82) is 0 Å². The van der Waals surface area contributed by atoms with Gasteiger partial charge in [0.1, 0.15) is 0 Å². The third-order valence-corrected chi connectivity index (χ3v) is 4.48. The molecular formula is C15H11Cl5N2O. The van der Waals surface area contributed by atoms with Crippen LogP contribution in [-0.2, 0) is 6.42 Å². The summed E-state index contributed by atoms with van der Waals surface area (Å²) in [6.07, 6.45) is 0.604. The molecule has 8 heteroatoms. The number of carbonyl (C=O) groups is 1. The molecule has 2 rings (SSSR count). The van der Waals surface area contributed by atoms with E-state index in [0.29, 0.717) is 33.7 Å². The van der Waals surface area contributed by atoms with Crippen LogP contribution in [0, 0.1) is 0 Å². The molecule has 0 aliphatic carbocycles. The lowest BCUT2D eigenvalue weighted by Crippen LogP contribution is -2.30. The number of benzene rings is 2. The molecule has 23 heavy (non-hydrogen) atoms. The number of urea groups is 1. The van der Waals surface area contributed by atoms with Crippen LogP contribution < -0.4 is 10.6 Å². The molecule has 2 aromatic rings. The van der Waals surface area contributed by atoms with Gasteiger partial charge in [0.25, 0.3) is 0 Å². The van der Waals surface area contributed by atoms with Gasteiger partial charge in [0.2, 0.25) is 0 Å². The van der Waals surface area contributed by atoms with Crippen molar-refractivity contribution in [3.05, 3.63) is 61.0 Å². The Labute approximate surface area is 158 Å². The summed E-state index contributed by atoms with van der Waals surface area (Å²) in [6.45, 7) is 0.409. The summed E-state index contributed by atoms with van der Waals surface area (Å²) < 4.78 is 0. The molecule has 0 bridgehead atoms. The molecule has 0 aromatic heterocycles. The third kappa shape index (κ3) is 5.33. The minimum atomic E-state index is -0.420. The number of carbonyl (C=O) groups excluding carboxylic acids is 1. The Kier molecular flexibility index (Phi) is 6.69. The van der Waals surface area contributed by atoms with Crippen molar-refractivity contribution in [2.75, 3.05) is 11.9 Å². The van der Waals surface area contributed by atoms with Gasteiger partial charge in [0, 0.05) is 11.6 Å². The van der Waals surface area contributed by atoms with E-state index in [-0.39, 0.29) is 10.0 Å². The molecule has 3 nitrogen and oxygen atoms in total. The van der Waals surface area contributed by atoms with Crippen LogP contribution in [0.25, 0.3) is 0 Å². The summed E-state index contributed by atoms with van der Waals surface area (Å²) >= 11 is 29.6. The molecule has 0 radical (unpaired) electrons. The van der Waals surface area contributed by atoms with E-state index < -0.39 is 6.03 Å². The van der Waals surface area contributed by atoms with Crippen LogP contribution in [0.3, 0.4) is 0 Å². The molecule has 2 aromatic carbocycles. The summed E-state index contributed by atoms with van der Waals surface area (Å²) in [5.41, 5.74) is 1.27. The lowest BCUT2D eigenvalue weighted by molar-refractivity contribution is 0.252. The van der Waals surface area contributed by atoms with Crippen molar-refractivity contribution in [3.63, 3.8) is 0 Å². The number of rotatable bonds is 4. The first-order chi connectivity index (χ1) is 10.9. The maximum Gasteiger partial charge on any atom is 0.319 e. The lowest BCUT2D eigenvalue weighted by Gasteiger charge is -2.11. The molecule has 0 aliphatic heterocycles. The first kappa shape index (κ1) is 18.5. The van der Waals surface area contributed by atoms with E-state index in [0.717, 1.165) is 5.56 Å². The average molecular weight is 413 g/mol. The van der Waals surface area contributed by atoms with Gasteiger partial charge in [-0.15, -0.1) is 0 Å². The van der Waals surface area contributed by atoms with E-state index in [4.69, 9.17) is 58.0 Å². The number of anilines is 1. The Hall–Kier alpha value is -0.840. The second-order valence-electron chi connectivity index (χ2n) is 4.62. The molecule has 0 unspecified atom stereocenters. The highest BCUT2D eigenvalue weighted by Crippen LogP contribution is 2.33. The van der Waals surface area contributed by atoms with Crippen molar-refractivity contribution in [1.82, 2.24) is 5.32 Å². The van der Waals surface area contributed by atoms with Gasteiger partial charge in [-0.05, 0) is 36.2 Å². The number of hydrogen-bond donors (Lipinski definition) is 2. The Morgan fingerprint density at radius 2 is 1.52 bits per heavy atom. The molecule has 0 heterocycles. The predicted molar refractivity (Wildman–Crippen MR) is 98.7 cm³/mol. The number of nitrogens with one attached hydrogen (secondary N) is 2. The maximum absolute atomic E-state index is 11.9. The van der Waals surface area contributed by atoms with E-state index in [1.54, 1.807) is 12.1 Å². The van der Waals surface area contributed by atoms with Crippen molar-refractivity contribution < 1.29 is 4.79 Å². The molecule has 0 aliphatic rings. The topological polar surface area (TPSA) is 41.1 Å². The minimum absolute atomic E-state index is 0.266.